The molecule has 1 amide bonds. The highest BCUT2D eigenvalue weighted by atomic mass is 35.5. The first-order valence-corrected chi connectivity index (χ1v) is 11.1. The maximum atomic E-state index is 13.3. The van der Waals surface area contributed by atoms with Crippen LogP contribution in [-0.4, -0.2) is 49.2 Å². The van der Waals surface area contributed by atoms with Crippen LogP contribution in [0.15, 0.2) is 47.4 Å². The van der Waals surface area contributed by atoms with E-state index in [1.165, 1.54) is 5.56 Å². The second-order valence-electron chi connectivity index (χ2n) is 6.61. The maximum absolute atomic E-state index is 13.3. The van der Waals surface area contributed by atoms with Crippen LogP contribution < -0.4 is 4.90 Å². The van der Waals surface area contributed by atoms with Crippen molar-refractivity contribution in [1.29, 1.82) is 0 Å². The Balaban J connectivity index is 0.00000280. The van der Waals surface area contributed by atoms with Crippen molar-refractivity contribution in [3.8, 4) is 0 Å². The molecule has 0 saturated carbocycles. The van der Waals surface area contributed by atoms with Gasteiger partial charge in [0.2, 0.25) is 0 Å². The molecule has 0 atom stereocenters. The Labute approximate surface area is 181 Å². The molecule has 2 aromatic carbocycles. The zero-order valence-electron chi connectivity index (χ0n) is 16.6. The van der Waals surface area contributed by atoms with Crippen molar-refractivity contribution in [3.63, 3.8) is 0 Å². The molecule has 3 aromatic rings. The summed E-state index contributed by atoms with van der Waals surface area (Å²) in [5.74, 6) is 0.00449. The summed E-state index contributed by atoms with van der Waals surface area (Å²) in [5, 5.41) is 0.771. The average molecular weight is 436 g/mol. The van der Waals surface area contributed by atoms with E-state index >= 15 is 0 Å². The van der Waals surface area contributed by atoms with Crippen molar-refractivity contribution in [2.24, 2.45) is 0 Å². The highest BCUT2D eigenvalue weighted by molar-refractivity contribution is 7.98. The Kier molecular flexibility index (Phi) is 8.31. The van der Waals surface area contributed by atoms with Gasteiger partial charge in [0, 0.05) is 23.5 Å². The van der Waals surface area contributed by atoms with Gasteiger partial charge in [-0.15, -0.1) is 24.2 Å². The SMILES string of the molecule is CCc1cccc2sc(N(CCN(C)C)C(=O)c3cccc(SC)c3)nc12.Cl. The Bertz CT molecular complexity index is 942. The van der Waals surface area contributed by atoms with Gasteiger partial charge >= 0.3 is 0 Å². The lowest BCUT2D eigenvalue weighted by Gasteiger charge is -2.22. The third-order valence-electron chi connectivity index (χ3n) is 4.44. The molecular formula is C21H26ClN3OS2. The van der Waals surface area contributed by atoms with E-state index in [-0.39, 0.29) is 18.3 Å². The molecule has 0 saturated heterocycles. The summed E-state index contributed by atoms with van der Waals surface area (Å²) in [5.41, 5.74) is 2.94. The molecule has 0 aliphatic rings. The van der Waals surface area contributed by atoms with Gasteiger partial charge in [0.25, 0.3) is 5.91 Å². The van der Waals surface area contributed by atoms with Gasteiger partial charge in [-0.05, 0) is 56.6 Å². The quantitative estimate of drug-likeness (QED) is 0.477. The van der Waals surface area contributed by atoms with E-state index in [0.29, 0.717) is 12.1 Å². The summed E-state index contributed by atoms with van der Waals surface area (Å²) in [7, 11) is 4.04. The number of para-hydroxylation sites is 1. The van der Waals surface area contributed by atoms with Crippen LogP contribution in [0.4, 0.5) is 5.13 Å². The number of halogens is 1. The number of aryl methyl sites for hydroxylation is 1. The Morgan fingerprint density at radius 1 is 1.14 bits per heavy atom. The number of aromatic nitrogens is 1. The number of benzene rings is 2. The van der Waals surface area contributed by atoms with Gasteiger partial charge in [-0.2, -0.15) is 0 Å². The number of fused-ring (bicyclic) bond motifs is 1. The Morgan fingerprint density at radius 3 is 2.57 bits per heavy atom. The van der Waals surface area contributed by atoms with Crippen LogP contribution in [0, 0.1) is 0 Å². The van der Waals surface area contributed by atoms with Crippen LogP contribution in [-0.2, 0) is 6.42 Å². The number of carbonyl (C=O) groups is 1. The predicted octanol–water partition coefficient (Wildman–Crippen LogP) is 5.21. The van der Waals surface area contributed by atoms with Gasteiger partial charge in [0.1, 0.15) is 0 Å². The molecule has 0 aliphatic heterocycles. The van der Waals surface area contributed by atoms with Crippen LogP contribution >= 0.6 is 35.5 Å². The van der Waals surface area contributed by atoms with Crippen LogP contribution in [0.2, 0.25) is 0 Å². The van der Waals surface area contributed by atoms with E-state index in [0.717, 1.165) is 33.2 Å². The summed E-state index contributed by atoms with van der Waals surface area (Å²) in [4.78, 5) is 23.2. The van der Waals surface area contributed by atoms with E-state index in [1.54, 1.807) is 23.1 Å². The fourth-order valence-electron chi connectivity index (χ4n) is 2.89. The number of nitrogens with zero attached hydrogens (tertiary/aromatic N) is 3. The molecule has 7 heteroatoms. The largest absolute Gasteiger partial charge is 0.308 e. The lowest BCUT2D eigenvalue weighted by atomic mass is 10.1. The van der Waals surface area contributed by atoms with Crippen molar-refractivity contribution in [2.75, 3.05) is 38.3 Å². The monoisotopic (exact) mass is 435 g/mol. The van der Waals surface area contributed by atoms with Gasteiger partial charge in [-0.1, -0.05) is 36.5 Å². The maximum Gasteiger partial charge on any atom is 0.260 e. The minimum atomic E-state index is 0. The smallest absolute Gasteiger partial charge is 0.260 e. The second kappa shape index (κ2) is 10.3. The highest BCUT2D eigenvalue weighted by Crippen LogP contribution is 2.32. The zero-order valence-corrected chi connectivity index (χ0v) is 19.1. The Hall–Kier alpha value is -1.60. The lowest BCUT2D eigenvalue weighted by molar-refractivity contribution is 0.0985. The first-order chi connectivity index (χ1) is 13.0. The molecule has 0 fully saturated rings. The molecule has 0 unspecified atom stereocenters. The lowest BCUT2D eigenvalue weighted by Crippen LogP contribution is -2.36. The van der Waals surface area contributed by atoms with Gasteiger partial charge in [0.15, 0.2) is 5.13 Å². The van der Waals surface area contributed by atoms with E-state index in [9.17, 15) is 4.79 Å². The van der Waals surface area contributed by atoms with Crippen LogP contribution in [0.1, 0.15) is 22.8 Å². The first-order valence-electron chi connectivity index (χ1n) is 9.02. The molecule has 0 spiro atoms. The van der Waals surface area contributed by atoms with E-state index in [2.05, 4.69) is 30.0 Å². The Morgan fingerprint density at radius 2 is 1.89 bits per heavy atom. The molecule has 3 rings (SSSR count). The van der Waals surface area contributed by atoms with Gasteiger partial charge < -0.3 is 4.90 Å². The van der Waals surface area contributed by atoms with E-state index in [1.807, 2.05) is 49.5 Å². The number of thioether (sulfide) groups is 1. The van der Waals surface area contributed by atoms with Crippen LogP contribution in [0.3, 0.4) is 0 Å². The van der Waals surface area contributed by atoms with Crippen molar-refractivity contribution >= 4 is 56.8 Å². The summed E-state index contributed by atoms with van der Waals surface area (Å²) >= 11 is 3.23. The molecule has 0 aliphatic carbocycles. The molecule has 28 heavy (non-hydrogen) atoms. The van der Waals surface area contributed by atoms with Crippen LogP contribution in [0.5, 0.6) is 0 Å². The summed E-state index contributed by atoms with van der Waals surface area (Å²) in [6, 6.07) is 14.1. The van der Waals surface area contributed by atoms with Crippen molar-refractivity contribution in [3.05, 3.63) is 53.6 Å². The first kappa shape index (κ1) is 22.7. The normalized spacial score (nSPS) is 10.9. The topological polar surface area (TPSA) is 36.4 Å². The highest BCUT2D eigenvalue weighted by Gasteiger charge is 2.22. The second-order valence-corrected chi connectivity index (χ2v) is 8.49. The third kappa shape index (κ3) is 5.06. The van der Waals surface area contributed by atoms with Crippen molar-refractivity contribution in [1.82, 2.24) is 9.88 Å². The molecule has 4 nitrogen and oxygen atoms in total. The van der Waals surface area contributed by atoms with Gasteiger partial charge in [-0.3, -0.25) is 9.69 Å². The van der Waals surface area contributed by atoms with Crippen LogP contribution in [0.25, 0.3) is 10.2 Å². The molecule has 0 bridgehead atoms. The fraction of sp³-hybridized carbons (Fsp3) is 0.333. The number of carbonyl (C=O) groups excluding carboxylic acids is 1. The molecule has 1 aromatic heterocycles. The number of anilines is 1. The number of amides is 1. The molecule has 150 valence electrons. The average Bonchev–Trinajstić information content (AvgIpc) is 3.11. The summed E-state index contributed by atoms with van der Waals surface area (Å²) < 4.78 is 1.13. The molecule has 1 heterocycles. The number of rotatable bonds is 7. The standard InChI is InChI=1S/C21H25N3OS2.ClH/c1-5-15-8-7-11-18-19(15)22-21(27-18)24(13-12-23(2)3)20(25)16-9-6-10-17(14-16)26-4;/h6-11,14H,5,12-13H2,1-4H3;1H. The summed E-state index contributed by atoms with van der Waals surface area (Å²) in [6.45, 7) is 3.53. The van der Waals surface area contributed by atoms with Crippen molar-refractivity contribution in [2.45, 2.75) is 18.2 Å². The molecular weight excluding hydrogens is 410 g/mol. The molecule has 0 N–H and O–H groups in total. The van der Waals surface area contributed by atoms with E-state index < -0.39 is 0 Å². The number of hydrogen-bond acceptors (Lipinski definition) is 5. The number of hydrogen-bond donors (Lipinski definition) is 0. The minimum absolute atomic E-state index is 0. The summed E-state index contributed by atoms with van der Waals surface area (Å²) in [6.07, 6.45) is 2.95. The number of thiazole rings is 1. The predicted molar refractivity (Wildman–Crippen MR) is 125 cm³/mol. The third-order valence-corrected chi connectivity index (χ3v) is 6.20. The van der Waals surface area contributed by atoms with Gasteiger partial charge in [0.05, 0.1) is 10.2 Å². The fourth-order valence-corrected chi connectivity index (χ4v) is 4.39. The number of likely N-dealkylation sites (N-methyl/N-ethyl adjacent to an activating group) is 1. The van der Waals surface area contributed by atoms with Gasteiger partial charge in [-0.25, -0.2) is 4.98 Å². The van der Waals surface area contributed by atoms with E-state index in [4.69, 9.17) is 4.98 Å². The minimum Gasteiger partial charge on any atom is -0.308 e. The van der Waals surface area contributed by atoms with Crippen molar-refractivity contribution < 1.29 is 4.79 Å². The zero-order chi connectivity index (χ0) is 19.4. The molecule has 0 radical (unpaired) electrons.